The summed E-state index contributed by atoms with van der Waals surface area (Å²) in [6, 6.07) is 7.02. The number of rotatable bonds is 1. The van der Waals surface area contributed by atoms with Gasteiger partial charge in [-0.15, -0.1) is 0 Å². The first kappa shape index (κ1) is 12.0. The maximum Gasteiger partial charge on any atom is 0.417 e. The summed E-state index contributed by atoms with van der Waals surface area (Å²) in [5.74, 6) is 1.04. The van der Waals surface area contributed by atoms with Crippen LogP contribution in [0.3, 0.4) is 0 Å². The molecule has 0 aliphatic rings. The van der Waals surface area contributed by atoms with Gasteiger partial charge >= 0.3 is 6.18 Å². The fourth-order valence-electron chi connectivity index (χ4n) is 1.49. The van der Waals surface area contributed by atoms with E-state index in [9.17, 15) is 13.2 Å². The summed E-state index contributed by atoms with van der Waals surface area (Å²) in [7, 11) is 0. The Kier molecular flexibility index (Phi) is 2.91. The highest BCUT2D eigenvalue weighted by Crippen LogP contribution is 2.37. The SMILES string of the molecule is Cc1ccc(-c2ccc(Cl)c(C(F)(F)F)c2)o1. The summed E-state index contributed by atoms with van der Waals surface area (Å²) < 4.78 is 43.2. The van der Waals surface area contributed by atoms with Crippen molar-refractivity contribution in [3.63, 3.8) is 0 Å². The highest BCUT2D eigenvalue weighted by molar-refractivity contribution is 6.31. The molecule has 0 saturated heterocycles. The van der Waals surface area contributed by atoms with Crippen LogP contribution < -0.4 is 0 Å². The second kappa shape index (κ2) is 4.11. The van der Waals surface area contributed by atoms with Crippen LogP contribution in [0, 0.1) is 6.92 Å². The van der Waals surface area contributed by atoms with Crippen LogP contribution in [0.15, 0.2) is 34.7 Å². The third-order valence-electron chi connectivity index (χ3n) is 2.30. The van der Waals surface area contributed by atoms with Gasteiger partial charge < -0.3 is 4.42 Å². The first-order chi connectivity index (χ1) is 7.88. The Morgan fingerprint density at radius 2 is 1.82 bits per heavy atom. The summed E-state index contributed by atoms with van der Waals surface area (Å²) in [4.78, 5) is 0. The Balaban J connectivity index is 2.51. The fraction of sp³-hybridized carbons (Fsp3) is 0.167. The molecule has 0 amide bonds. The first-order valence-electron chi connectivity index (χ1n) is 4.81. The van der Waals surface area contributed by atoms with Crippen molar-refractivity contribution >= 4 is 11.6 Å². The largest absolute Gasteiger partial charge is 0.461 e. The molecule has 1 heterocycles. The lowest BCUT2D eigenvalue weighted by molar-refractivity contribution is -0.137. The van der Waals surface area contributed by atoms with E-state index in [2.05, 4.69) is 0 Å². The van der Waals surface area contributed by atoms with Gasteiger partial charge in [-0.1, -0.05) is 11.6 Å². The van der Waals surface area contributed by atoms with E-state index >= 15 is 0 Å². The number of furan rings is 1. The van der Waals surface area contributed by atoms with Crippen molar-refractivity contribution in [3.8, 4) is 11.3 Å². The van der Waals surface area contributed by atoms with Crippen molar-refractivity contribution in [3.05, 3.63) is 46.7 Å². The van der Waals surface area contributed by atoms with Gasteiger partial charge in [0.25, 0.3) is 0 Å². The van der Waals surface area contributed by atoms with E-state index in [4.69, 9.17) is 16.0 Å². The molecule has 0 fully saturated rings. The molecule has 0 aliphatic heterocycles. The molecule has 5 heteroatoms. The van der Waals surface area contributed by atoms with E-state index < -0.39 is 11.7 Å². The molecule has 2 rings (SSSR count). The molecular formula is C12H8ClF3O. The van der Waals surface area contributed by atoms with Gasteiger partial charge in [0.15, 0.2) is 0 Å². The van der Waals surface area contributed by atoms with Crippen LogP contribution in [0.4, 0.5) is 13.2 Å². The molecule has 0 unspecified atom stereocenters. The summed E-state index contributed by atoms with van der Waals surface area (Å²) in [5.41, 5.74) is -0.499. The minimum absolute atomic E-state index is 0.315. The molecule has 0 radical (unpaired) electrons. The Morgan fingerprint density at radius 3 is 2.35 bits per heavy atom. The van der Waals surface area contributed by atoms with Gasteiger partial charge in [0.1, 0.15) is 11.5 Å². The molecule has 0 saturated carbocycles. The lowest BCUT2D eigenvalue weighted by Gasteiger charge is -2.09. The van der Waals surface area contributed by atoms with E-state index in [-0.39, 0.29) is 5.02 Å². The average molecular weight is 261 g/mol. The Hall–Kier alpha value is -1.42. The van der Waals surface area contributed by atoms with Gasteiger partial charge in [0, 0.05) is 5.56 Å². The van der Waals surface area contributed by atoms with Gasteiger partial charge in [-0.3, -0.25) is 0 Å². The topological polar surface area (TPSA) is 13.1 Å². The molecule has 0 bridgehead atoms. The second-order valence-corrected chi connectivity index (χ2v) is 4.01. The molecule has 1 nitrogen and oxygen atoms in total. The van der Waals surface area contributed by atoms with E-state index in [0.717, 1.165) is 6.07 Å². The lowest BCUT2D eigenvalue weighted by Crippen LogP contribution is -2.05. The minimum Gasteiger partial charge on any atom is -0.461 e. The Morgan fingerprint density at radius 1 is 1.12 bits per heavy atom. The van der Waals surface area contributed by atoms with Crippen molar-refractivity contribution in [1.29, 1.82) is 0 Å². The maximum absolute atomic E-state index is 12.6. The van der Waals surface area contributed by atoms with Crippen molar-refractivity contribution in [2.24, 2.45) is 0 Å². The lowest BCUT2D eigenvalue weighted by atomic mass is 10.1. The molecule has 0 atom stereocenters. The summed E-state index contributed by atoms with van der Waals surface area (Å²) in [6.45, 7) is 1.73. The smallest absolute Gasteiger partial charge is 0.417 e. The Bertz CT molecular complexity index is 543. The number of hydrogen-bond donors (Lipinski definition) is 0. The fourth-order valence-corrected chi connectivity index (χ4v) is 1.71. The number of hydrogen-bond acceptors (Lipinski definition) is 1. The average Bonchev–Trinajstić information content (AvgIpc) is 2.64. The van der Waals surface area contributed by atoms with Crippen molar-refractivity contribution in [2.45, 2.75) is 13.1 Å². The molecular weight excluding hydrogens is 253 g/mol. The monoisotopic (exact) mass is 260 g/mol. The molecule has 1 aromatic heterocycles. The van der Waals surface area contributed by atoms with Crippen LogP contribution in [0.2, 0.25) is 5.02 Å². The zero-order valence-corrected chi connectivity index (χ0v) is 9.56. The van der Waals surface area contributed by atoms with Crippen LogP contribution in [0.1, 0.15) is 11.3 Å². The standard InChI is InChI=1S/C12H8ClF3O/c1-7-2-5-11(17-7)8-3-4-10(13)9(6-8)12(14,15)16/h2-6H,1H3. The normalized spacial score (nSPS) is 11.8. The quantitative estimate of drug-likeness (QED) is 0.709. The highest BCUT2D eigenvalue weighted by atomic mass is 35.5. The molecule has 2 aromatic rings. The van der Waals surface area contributed by atoms with E-state index in [0.29, 0.717) is 17.1 Å². The zero-order valence-electron chi connectivity index (χ0n) is 8.81. The molecule has 0 aliphatic carbocycles. The third-order valence-corrected chi connectivity index (χ3v) is 2.63. The van der Waals surface area contributed by atoms with Gasteiger partial charge in [-0.2, -0.15) is 13.2 Å². The van der Waals surface area contributed by atoms with E-state index in [1.165, 1.54) is 12.1 Å². The van der Waals surface area contributed by atoms with Gasteiger partial charge in [-0.25, -0.2) is 0 Å². The molecule has 17 heavy (non-hydrogen) atoms. The number of aryl methyl sites for hydroxylation is 1. The van der Waals surface area contributed by atoms with E-state index in [1.807, 2.05) is 0 Å². The van der Waals surface area contributed by atoms with Gasteiger partial charge in [-0.05, 0) is 37.3 Å². The molecule has 90 valence electrons. The molecule has 0 N–H and O–H groups in total. The van der Waals surface area contributed by atoms with Crippen LogP contribution >= 0.6 is 11.6 Å². The van der Waals surface area contributed by atoms with Crippen LogP contribution in [-0.4, -0.2) is 0 Å². The first-order valence-corrected chi connectivity index (χ1v) is 5.19. The summed E-state index contributed by atoms with van der Waals surface area (Å²) >= 11 is 5.52. The van der Waals surface area contributed by atoms with Crippen molar-refractivity contribution in [2.75, 3.05) is 0 Å². The third kappa shape index (κ3) is 2.47. The Labute approximate surface area is 101 Å². The molecule has 0 spiro atoms. The number of benzene rings is 1. The van der Waals surface area contributed by atoms with Crippen LogP contribution in [0.25, 0.3) is 11.3 Å². The van der Waals surface area contributed by atoms with Crippen molar-refractivity contribution < 1.29 is 17.6 Å². The minimum atomic E-state index is -4.46. The number of alkyl halides is 3. The predicted molar refractivity (Wildman–Crippen MR) is 58.9 cm³/mol. The number of halogens is 4. The van der Waals surface area contributed by atoms with Gasteiger partial charge in [0.05, 0.1) is 10.6 Å². The zero-order chi connectivity index (χ0) is 12.6. The van der Waals surface area contributed by atoms with Crippen LogP contribution in [-0.2, 0) is 6.18 Å². The second-order valence-electron chi connectivity index (χ2n) is 3.60. The summed E-state index contributed by atoms with van der Waals surface area (Å²) in [6.07, 6.45) is -4.46. The molecule has 1 aromatic carbocycles. The summed E-state index contributed by atoms with van der Waals surface area (Å²) in [5, 5.41) is -0.315. The van der Waals surface area contributed by atoms with Crippen LogP contribution in [0.5, 0.6) is 0 Å². The van der Waals surface area contributed by atoms with Crippen molar-refractivity contribution in [1.82, 2.24) is 0 Å². The maximum atomic E-state index is 12.6. The predicted octanol–water partition coefficient (Wildman–Crippen LogP) is 4.93. The highest BCUT2D eigenvalue weighted by Gasteiger charge is 2.33. The van der Waals surface area contributed by atoms with E-state index in [1.54, 1.807) is 19.1 Å². The van der Waals surface area contributed by atoms with Gasteiger partial charge in [0.2, 0.25) is 0 Å².